The number of carboxylic acids is 1. The summed E-state index contributed by atoms with van der Waals surface area (Å²) in [7, 11) is -2.79. The Morgan fingerprint density at radius 1 is 1.48 bits per heavy atom. The Labute approximate surface area is 126 Å². The standard InChI is InChI=1S/C12H13ClFNO5S/c1-15(10-6-20-5-8(10)12(16)17)21(18,19)11-3-2-7(14)4-9(11)13/h2-4,8,10H,5-6H2,1H3,(H,16,17). The van der Waals surface area contributed by atoms with Gasteiger partial charge in [0, 0.05) is 7.05 Å². The average Bonchev–Trinajstić information content (AvgIpc) is 2.86. The van der Waals surface area contributed by atoms with Crippen molar-refractivity contribution in [2.45, 2.75) is 10.9 Å². The Kier molecular flexibility index (Phi) is 4.52. The van der Waals surface area contributed by atoms with E-state index in [1.807, 2.05) is 0 Å². The second-order valence-electron chi connectivity index (χ2n) is 4.65. The van der Waals surface area contributed by atoms with Gasteiger partial charge in [-0.3, -0.25) is 4.79 Å². The SMILES string of the molecule is CN(C1COCC1C(=O)O)S(=O)(=O)c1ccc(F)cc1Cl. The molecular weight excluding hydrogens is 325 g/mol. The molecule has 0 aliphatic carbocycles. The maximum Gasteiger partial charge on any atom is 0.310 e. The molecule has 1 N–H and O–H groups in total. The number of benzene rings is 1. The molecule has 0 spiro atoms. The van der Waals surface area contributed by atoms with Crippen LogP contribution >= 0.6 is 11.6 Å². The Morgan fingerprint density at radius 2 is 2.14 bits per heavy atom. The van der Waals surface area contributed by atoms with Crippen LogP contribution in [-0.2, 0) is 19.6 Å². The zero-order valence-corrected chi connectivity index (χ0v) is 12.6. The molecule has 0 amide bonds. The predicted molar refractivity (Wildman–Crippen MR) is 72.1 cm³/mol. The third kappa shape index (κ3) is 3.03. The monoisotopic (exact) mass is 337 g/mol. The first kappa shape index (κ1) is 16.2. The molecule has 1 fully saturated rings. The third-order valence-corrected chi connectivity index (χ3v) is 5.75. The molecule has 6 nitrogen and oxygen atoms in total. The lowest BCUT2D eigenvalue weighted by Crippen LogP contribution is -2.44. The Hall–Kier alpha value is -1.22. The summed E-state index contributed by atoms with van der Waals surface area (Å²) in [4.78, 5) is 10.8. The third-order valence-electron chi connectivity index (χ3n) is 3.39. The summed E-state index contributed by atoms with van der Waals surface area (Å²) in [6.07, 6.45) is 0. The Balaban J connectivity index is 2.37. The number of halogens is 2. The number of carbonyl (C=O) groups is 1. The first-order valence-electron chi connectivity index (χ1n) is 5.99. The van der Waals surface area contributed by atoms with Gasteiger partial charge in [0.05, 0.1) is 30.2 Å². The lowest BCUT2D eigenvalue weighted by molar-refractivity contribution is -0.142. The number of rotatable bonds is 4. The summed E-state index contributed by atoms with van der Waals surface area (Å²) < 4.78 is 44.0. The molecule has 9 heteroatoms. The van der Waals surface area contributed by atoms with E-state index in [1.54, 1.807) is 0 Å². The number of hydrogen-bond donors (Lipinski definition) is 1. The van der Waals surface area contributed by atoms with Crippen molar-refractivity contribution in [3.05, 3.63) is 29.0 Å². The predicted octanol–water partition coefficient (Wildman–Crippen LogP) is 1.20. The van der Waals surface area contributed by atoms with Crippen molar-refractivity contribution in [1.29, 1.82) is 0 Å². The van der Waals surface area contributed by atoms with Crippen molar-refractivity contribution in [2.24, 2.45) is 5.92 Å². The van der Waals surface area contributed by atoms with Gasteiger partial charge in [-0.1, -0.05) is 11.6 Å². The maximum absolute atomic E-state index is 13.0. The second-order valence-corrected chi connectivity index (χ2v) is 7.02. The van der Waals surface area contributed by atoms with E-state index in [9.17, 15) is 17.6 Å². The lowest BCUT2D eigenvalue weighted by atomic mass is 10.1. The van der Waals surface area contributed by atoms with E-state index < -0.39 is 33.8 Å². The normalized spacial score (nSPS) is 22.7. The second kappa shape index (κ2) is 5.88. The molecule has 0 bridgehead atoms. The Morgan fingerprint density at radius 3 is 2.71 bits per heavy atom. The Bertz CT molecular complexity index is 666. The van der Waals surface area contributed by atoms with Crippen molar-refractivity contribution >= 4 is 27.6 Å². The molecule has 116 valence electrons. The molecular formula is C12H13ClFNO5S. The molecule has 1 aliphatic heterocycles. The van der Waals surface area contributed by atoms with E-state index in [1.165, 1.54) is 7.05 Å². The first-order valence-corrected chi connectivity index (χ1v) is 7.80. The van der Waals surface area contributed by atoms with Crippen molar-refractivity contribution in [1.82, 2.24) is 4.31 Å². The van der Waals surface area contributed by atoms with Gasteiger partial charge in [-0.25, -0.2) is 12.8 Å². The van der Waals surface area contributed by atoms with Crippen LogP contribution in [0.2, 0.25) is 5.02 Å². The molecule has 2 atom stereocenters. The van der Waals surface area contributed by atoms with Gasteiger partial charge in [-0.15, -0.1) is 0 Å². The summed E-state index contributed by atoms with van der Waals surface area (Å²) in [5.74, 6) is -2.75. The van der Waals surface area contributed by atoms with Crippen LogP contribution in [0.5, 0.6) is 0 Å². The van der Waals surface area contributed by atoms with Gasteiger partial charge in [0.1, 0.15) is 10.7 Å². The largest absolute Gasteiger partial charge is 0.481 e. The van der Waals surface area contributed by atoms with Crippen molar-refractivity contribution in [3.63, 3.8) is 0 Å². The van der Waals surface area contributed by atoms with Crippen molar-refractivity contribution in [2.75, 3.05) is 20.3 Å². The molecule has 2 rings (SSSR count). The first-order chi connectivity index (χ1) is 9.75. The minimum Gasteiger partial charge on any atom is -0.481 e. The molecule has 21 heavy (non-hydrogen) atoms. The number of aliphatic carboxylic acids is 1. The molecule has 1 heterocycles. The van der Waals surface area contributed by atoms with Gasteiger partial charge in [0.15, 0.2) is 0 Å². The van der Waals surface area contributed by atoms with Crippen LogP contribution in [-0.4, -0.2) is 50.1 Å². The minimum absolute atomic E-state index is 0.0223. The molecule has 0 radical (unpaired) electrons. The van der Waals surface area contributed by atoms with Crippen molar-refractivity contribution in [3.8, 4) is 0 Å². The highest BCUT2D eigenvalue weighted by molar-refractivity contribution is 7.89. The van der Waals surface area contributed by atoms with Gasteiger partial charge in [-0.2, -0.15) is 4.31 Å². The highest BCUT2D eigenvalue weighted by Gasteiger charge is 2.41. The molecule has 2 unspecified atom stereocenters. The van der Waals surface area contributed by atoms with Crippen LogP contribution in [0.15, 0.2) is 23.1 Å². The summed E-state index contributed by atoms with van der Waals surface area (Å²) in [5, 5.41) is 8.83. The van der Waals surface area contributed by atoms with Crippen LogP contribution in [0.1, 0.15) is 0 Å². The molecule has 1 aromatic rings. The lowest BCUT2D eigenvalue weighted by Gasteiger charge is -2.25. The zero-order chi connectivity index (χ0) is 15.8. The van der Waals surface area contributed by atoms with Crippen LogP contribution in [0.3, 0.4) is 0 Å². The topological polar surface area (TPSA) is 83.9 Å². The van der Waals surface area contributed by atoms with E-state index >= 15 is 0 Å². The number of carboxylic acid groups (broad SMARTS) is 1. The van der Waals surface area contributed by atoms with Gasteiger partial charge >= 0.3 is 5.97 Å². The summed E-state index contributed by atoms with van der Waals surface area (Å²) in [5.41, 5.74) is 0. The van der Waals surface area contributed by atoms with Gasteiger partial charge in [0.25, 0.3) is 0 Å². The average molecular weight is 338 g/mol. The highest BCUT2D eigenvalue weighted by atomic mass is 35.5. The van der Waals surface area contributed by atoms with E-state index in [-0.39, 0.29) is 23.1 Å². The van der Waals surface area contributed by atoms with Crippen LogP contribution < -0.4 is 0 Å². The fourth-order valence-electron chi connectivity index (χ4n) is 2.16. The van der Waals surface area contributed by atoms with Crippen LogP contribution in [0.25, 0.3) is 0 Å². The number of ether oxygens (including phenoxy) is 1. The fourth-order valence-corrected chi connectivity index (χ4v) is 4.03. The van der Waals surface area contributed by atoms with Gasteiger partial charge in [-0.05, 0) is 18.2 Å². The fraction of sp³-hybridized carbons (Fsp3) is 0.417. The van der Waals surface area contributed by atoms with Gasteiger partial charge < -0.3 is 9.84 Å². The summed E-state index contributed by atoms with van der Waals surface area (Å²) in [6, 6.07) is 2.08. The number of sulfonamides is 1. The number of nitrogens with zero attached hydrogens (tertiary/aromatic N) is 1. The maximum atomic E-state index is 13.0. The number of hydrogen-bond acceptors (Lipinski definition) is 4. The summed E-state index contributed by atoms with van der Waals surface area (Å²) in [6.45, 7) is -0.0808. The summed E-state index contributed by atoms with van der Waals surface area (Å²) >= 11 is 5.77. The van der Waals surface area contributed by atoms with Crippen LogP contribution in [0, 0.1) is 11.7 Å². The van der Waals surface area contributed by atoms with E-state index in [0.717, 1.165) is 22.5 Å². The van der Waals surface area contributed by atoms with Crippen LogP contribution in [0.4, 0.5) is 4.39 Å². The molecule has 1 saturated heterocycles. The molecule has 1 aliphatic rings. The quantitative estimate of drug-likeness (QED) is 0.892. The molecule has 0 saturated carbocycles. The zero-order valence-electron chi connectivity index (χ0n) is 11.0. The van der Waals surface area contributed by atoms with E-state index in [0.29, 0.717) is 0 Å². The van der Waals surface area contributed by atoms with E-state index in [2.05, 4.69) is 0 Å². The smallest absolute Gasteiger partial charge is 0.310 e. The van der Waals surface area contributed by atoms with Gasteiger partial charge in [0.2, 0.25) is 10.0 Å². The minimum atomic E-state index is -4.04. The molecule has 1 aromatic carbocycles. The highest BCUT2D eigenvalue weighted by Crippen LogP contribution is 2.29. The van der Waals surface area contributed by atoms with E-state index in [4.69, 9.17) is 21.4 Å². The van der Waals surface area contributed by atoms with Crippen molar-refractivity contribution < 1.29 is 27.4 Å². The number of likely N-dealkylation sites (N-methyl/N-ethyl adjacent to an activating group) is 1. The molecule has 0 aromatic heterocycles.